The van der Waals surface area contributed by atoms with Gasteiger partial charge in [-0.25, -0.2) is 10.5 Å². The van der Waals surface area contributed by atoms with E-state index in [0.717, 1.165) is 10.5 Å². The van der Waals surface area contributed by atoms with Gasteiger partial charge in [0.25, 0.3) is 11.5 Å². The van der Waals surface area contributed by atoms with Gasteiger partial charge in [-0.3, -0.25) is 9.59 Å². The van der Waals surface area contributed by atoms with Crippen molar-refractivity contribution in [1.29, 1.82) is 0 Å². The minimum Gasteiger partial charge on any atom is -0.267 e. The van der Waals surface area contributed by atoms with Crippen LogP contribution in [0.2, 0.25) is 0 Å². The summed E-state index contributed by atoms with van der Waals surface area (Å²) in [6.07, 6.45) is 3.56. The third kappa shape index (κ3) is 3.36. The van der Waals surface area contributed by atoms with Crippen LogP contribution in [0.15, 0.2) is 63.3 Å². The zero-order valence-corrected chi connectivity index (χ0v) is 13.6. The van der Waals surface area contributed by atoms with Gasteiger partial charge in [0.1, 0.15) is 0 Å². The number of hydrogen-bond acceptors (Lipinski definition) is 5. The number of rotatable bonds is 4. The monoisotopic (exact) mass is 338 g/mol. The van der Waals surface area contributed by atoms with Crippen molar-refractivity contribution < 1.29 is 4.79 Å². The van der Waals surface area contributed by atoms with Gasteiger partial charge in [-0.2, -0.15) is 10.2 Å². The number of aromatic amines is 1. The molecule has 2 aromatic carbocycles. The van der Waals surface area contributed by atoms with Gasteiger partial charge in [-0.1, -0.05) is 30.3 Å². The topological polar surface area (TPSA) is 87.2 Å². The first-order chi connectivity index (χ1) is 11.7. The summed E-state index contributed by atoms with van der Waals surface area (Å²) >= 11 is 1.65. The van der Waals surface area contributed by atoms with Crippen molar-refractivity contribution in [2.45, 2.75) is 4.90 Å². The molecule has 1 heterocycles. The average Bonchev–Trinajstić information content (AvgIpc) is 2.63. The van der Waals surface area contributed by atoms with Crippen LogP contribution in [0, 0.1) is 0 Å². The highest BCUT2D eigenvalue weighted by atomic mass is 32.2. The summed E-state index contributed by atoms with van der Waals surface area (Å²) in [5.74, 6) is -0.487. The molecule has 0 atom stereocenters. The van der Waals surface area contributed by atoms with Gasteiger partial charge in [0, 0.05) is 10.3 Å². The van der Waals surface area contributed by atoms with E-state index in [-0.39, 0.29) is 11.3 Å². The van der Waals surface area contributed by atoms with Crippen LogP contribution in [0.5, 0.6) is 0 Å². The number of benzene rings is 2. The zero-order valence-electron chi connectivity index (χ0n) is 12.8. The second-order valence-corrected chi connectivity index (χ2v) is 5.80. The van der Waals surface area contributed by atoms with Crippen molar-refractivity contribution in [1.82, 2.24) is 15.6 Å². The fourth-order valence-corrected chi connectivity index (χ4v) is 2.60. The molecule has 3 aromatic rings. The van der Waals surface area contributed by atoms with Crippen molar-refractivity contribution in [2.24, 2.45) is 5.10 Å². The summed E-state index contributed by atoms with van der Waals surface area (Å²) in [6.45, 7) is 0. The minimum absolute atomic E-state index is 0.125. The van der Waals surface area contributed by atoms with E-state index in [4.69, 9.17) is 0 Å². The molecule has 3 rings (SSSR count). The quantitative estimate of drug-likeness (QED) is 0.434. The molecule has 2 N–H and O–H groups in total. The molecular formula is C17H14N4O2S. The SMILES string of the molecule is CSc1ccc(/C=N\NC(=O)c2n[nH]c(=O)c3ccccc23)cc1. The number of aromatic nitrogens is 2. The number of hydrazone groups is 1. The predicted octanol–water partition coefficient (Wildman–Crippen LogP) is 2.41. The number of thioether (sulfide) groups is 1. The maximum atomic E-state index is 12.2. The fraction of sp³-hybridized carbons (Fsp3) is 0.0588. The van der Waals surface area contributed by atoms with E-state index in [9.17, 15) is 9.59 Å². The molecule has 0 spiro atoms. The number of nitrogens with zero attached hydrogens (tertiary/aromatic N) is 2. The lowest BCUT2D eigenvalue weighted by atomic mass is 10.1. The molecule has 0 saturated heterocycles. The van der Waals surface area contributed by atoms with Gasteiger partial charge in [-0.15, -0.1) is 11.8 Å². The van der Waals surface area contributed by atoms with Crippen LogP contribution in [0.25, 0.3) is 10.8 Å². The number of carbonyl (C=O) groups excluding carboxylic acids is 1. The van der Waals surface area contributed by atoms with Crippen LogP contribution in [0.4, 0.5) is 0 Å². The van der Waals surface area contributed by atoms with Crippen molar-refractivity contribution in [2.75, 3.05) is 6.26 Å². The van der Waals surface area contributed by atoms with Crippen molar-refractivity contribution in [3.63, 3.8) is 0 Å². The highest BCUT2D eigenvalue weighted by Gasteiger charge is 2.12. The lowest BCUT2D eigenvalue weighted by Crippen LogP contribution is -2.22. The molecule has 6 nitrogen and oxygen atoms in total. The van der Waals surface area contributed by atoms with Crippen molar-refractivity contribution in [3.8, 4) is 0 Å². The van der Waals surface area contributed by atoms with Gasteiger partial charge < -0.3 is 0 Å². The molecule has 0 aliphatic rings. The summed E-state index contributed by atoms with van der Waals surface area (Å²) in [5.41, 5.74) is 3.09. The van der Waals surface area contributed by atoms with E-state index in [2.05, 4.69) is 20.7 Å². The Kier molecular flexibility index (Phi) is 4.72. The summed E-state index contributed by atoms with van der Waals surface area (Å²) < 4.78 is 0. The Labute approximate surface area is 142 Å². The molecule has 0 fully saturated rings. The maximum absolute atomic E-state index is 12.2. The largest absolute Gasteiger partial charge is 0.292 e. The number of H-pyrrole nitrogens is 1. The van der Waals surface area contributed by atoms with Gasteiger partial charge in [0.05, 0.1) is 11.6 Å². The molecule has 0 aliphatic carbocycles. The molecule has 0 aliphatic heterocycles. The first kappa shape index (κ1) is 15.9. The second kappa shape index (κ2) is 7.10. The van der Waals surface area contributed by atoms with Crippen LogP contribution >= 0.6 is 11.8 Å². The Hall–Kier alpha value is -2.93. The summed E-state index contributed by atoms with van der Waals surface area (Å²) in [7, 11) is 0. The van der Waals surface area contributed by atoms with Crippen LogP contribution in [0.1, 0.15) is 16.1 Å². The summed E-state index contributed by atoms with van der Waals surface area (Å²) in [5, 5.41) is 11.0. The molecule has 24 heavy (non-hydrogen) atoms. The predicted molar refractivity (Wildman–Crippen MR) is 95.6 cm³/mol. The molecule has 1 aromatic heterocycles. The second-order valence-electron chi connectivity index (χ2n) is 4.92. The zero-order chi connectivity index (χ0) is 16.9. The molecule has 1 amide bonds. The summed E-state index contributed by atoms with van der Waals surface area (Å²) in [4.78, 5) is 25.1. The van der Waals surface area contributed by atoms with Gasteiger partial charge in [-0.05, 0) is 30.0 Å². The lowest BCUT2D eigenvalue weighted by Gasteiger charge is -2.03. The molecule has 0 unspecified atom stereocenters. The smallest absolute Gasteiger partial charge is 0.267 e. The van der Waals surface area contributed by atoms with Crippen molar-refractivity contribution >= 4 is 34.7 Å². The van der Waals surface area contributed by atoms with E-state index in [1.165, 1.54) is 0 Å². The Balaban J connectivity index is 1.79. The lowest BCUT2D eigenvalue weighted by molar-refractivity contribution is 0.0951. The van der Waals surface area contributed by atoms with E-state index in [1.54, 1.807) is 42.2 Å². The molecule has 0 saturated carbocycles. The Morgan fingerprint density at radius 3 is 2.58 bits per heavy atom. The minimum atomic E-state index is -0.487. The normalized spacial score (nSPS) is 11.0. The Morgan fingerprint density at radius 2 is 1.88 bits per heavy atom. The van der Waals surface area contributed by atoms with Gasteiger partial charge in [0.2, 0.25) is 0 Å². The maximum Gasteiger partial charge on any atom is 0.292 e. The third-order valence-electron chi connectivity index (χ3n) is 3.41. The fourth-order valence-electron chi connectivity index (χ4n) is 2.20. The number of hydrogen-bond donors (Lipinski definition) is 2. The molecular weight excluding hydrogens is 324 g/mol. The van der Waals surface area contributed by atoms with Crippen LogP contribution in [0.3, 0.4) is 0 Å². The third-order valence-corrected chi connectivity index (χ3v) is 4.15. The van der Waals surface area contributed by atoms with Crippen LogP contribution < -0.4 is 11.0 Å². The average molecular weight is 338 g/mol. The van der Waals surface area contributed by atoms with Gasteiger partial charge in [0.15, 0.2) is 5.69 Å². The number of carbonyl (C=O) groups is 1. The Bertz CT molecular complexity index is 964. The number of fused-ring (bicyclic) bond motifs is 1. The standard InChI is InChI=1S/C17H14N4O2S/c1-24-12-8-6-11(7-9-12)10-18-20-17(23)15-13-4-2-3-5-14(13)16(22)21-19-15/h2-10H,1H3,(H,20,23)(H,21,22)/b18-10-. The summed E-state index contributed by atoms with van der Waals surface area (Å²) in [6, 6.07) is 14.6. The van der Waals surface area contributed by atoms with E-state index in [1.807, 2.05) is 30.5 Å². The van der Waals surface area contributed by atoms with Crippen molar-refractivity contribution in [3.05, 3.63) is 70.1 Å². The van der Waals surface area contributed by atoms with Gasteiger partial charge >= 0.3 is 0 Å². The van der Waals surface area contributed by atoms with E-state index < -0.39 is 5.91 Å². The highest BCUT2D eigenvalue weighted by Crippen LogP contribution is 2.14. The molecule has 120 valence electrons. The van der Waals surface area contributed by atoms with Crippen LogP contribution in [-0.4, -0.2) is 28.6 Å². The molecule has 0 bridgehead atoms. The molecule has 0 radical (unpaired) electrons. The first-order valence-corrected chi connectivity index (χ1v) is 8.36. The highest BCUT2D eigenvalue weighted by molar-refractivity contribution is 7.98. The number of amides is 1. The van der Waals surface area contributed by atoms with E-state index in [0.29, 0.717) is 10.8 Å². The molecule has 7 heteroatoms. The first-order valence-electron chi connectivity index (χ1n) is 7.14. The number of nitrogens with one attached hydrogen (secondary N) is 2. The van der Waals surface area contributed by atoms with Crippen LogP contribution in [-0.2, 0) is 0 Å². The Morgan fingerprint density at radius 1 is 1.17 bits per heavy atom. The van der Waals surface area contributed by atoms with E-state index >= 15 is 0 Å².